The van der Waals surface area contributed by atoms with Gasteiger partial charge in [-0.2, -0.15) is 0 Å². The first-order chi connectivity index (χ1) is 28.8. The molecule has 0 aromatic heterocycles. The summed E-state index contributed by atoms with van der Waals surface area (Å²) in [6.07, 6.45) is -5.39. The SMILES string of the molecule is C[S+](=O)(Cc1ccc(Br)cc1)c1ccccc1.Fc1c(F)c(F)c([B-](c2c(F)c(F)c(F)c(F)c2F)(c2c(F)c(F)c(F)c(F)c2F)c2c(F)c(F)c(F)c(F)c2F)c(F)c1F. The smallest absolute Gasteiger partial charge is 0.200 e. The van der Waals surface area contributed by atoms with Gasteiger partial charge in [-0.05, 0) is 24.3 Å². The fourth-order valence-electron chi connectivity index (χ4n) is 6.56. The van der Waals surface area contributed by atoms with Gasteiger partial charge in [0.2, 0.25) is 0 Å². The van der Waals surface area contributed by atoms with Crippen molar-refractivity contribution in [1.29, 1.82) is 0 Å². The summed E-state index contributed by atoms with van der Waals surface area (Å²) in [6, 6.07) is 17.7. The van der Waals surface area contributed by atoms with Gasteiger partial charge in [0.05, 0.1) is 0 Å². The van der Waals surface area contributed by atoms with E-state index >= 15 is 35.1 Å². The predicted octanol–water partition coefficient (Wildman–Crippen LogP) is 9.98. The van der Waals surface area contributed by atoms with Gasteiger partial charge in [-0.3, -0.25) is 0 Å². The summed E-state index contributed by atoms with van der Waals surface area (Å²) in [5.74, 6) is -70.8. The summed E-state index contributed by atoms with van der Waals surface area (Å²) in [5.41, 5.74) is -13.2. The second kappa shape index (κ2) is 17.4. The molecule has 0 heterocycles. The highest BCUT2D eigenvalue weighted by molar-refractivity contribution is 9.10. The molecule has 0 bridgehead atoms. The van der Waals surface area contributed by atoms with Crippen molar-refractivity contribution in [2.24, 2.45) is 0 Å². The predicted molar refractivity (Wildman–Crippen MR) is 186 cm³/mol. The Morgan fingerprint density at radius 3 is 0.839 bits per heavy atom. The number of hydrogen-bond acceptors (Lipinski definition) is 1. The van der Waals surface area contributed by atoms with Crippen molar-refractivity contribution >= 4 is 53.9 Å². The average molecular weight is 989 g/mol. The number of benzene rings is 6. The van der Waals surface area contributed by atoms with Crippen molar-refractivity contribution in [2.45, 2.75) is 10.6 Å². The van der Waals surface area contributed by atoms with Crippen molar-refractivity contribution in [2.75, 3.05) is 6.26 Å². The van der Waals surface area contributed by atoms with Crippen LogP contribution in [0.1, 0.15) is 5.56 Å². The topological polar surface area (TPSA) is 17.1 Å². The Kier molecular flexibility index (Phi) is 13.4. The van der Waals surface area contributed by atoms with Crippen LogP contribution in [0.4, 0.5) is 87.8 Å². The Bertz CT molecular complexity index is 2440. The Labute approximate surface area is 343 Å². The zero-order chi connectivity index (χ0) is 46.7. The van der Waals surface area contributed by atoms with Gasteiger partial charge in [0.25, 0.3) is 0 Å². The van der Waals surface area contributed by atoms with Gasteiger partial charge in [-0.15, -0.1) is 21.9 Å². The molecule has 6 aromatic rings. The normalized spacial score (nSPS) is 12.6. The van der Waals surface area contributed by atoms with E-state index in [-0.39, 0.29) is 0 Å². The third-order valence-electron chi connectivity index (χ3n) is 9.30. The minimum Gasteiger partial charge on any atom is -0.207 e. The van der Waals surface area contributed by atoms with Crippen LogP contribution in [0.25, 0.3) is 0 Å². The molecule has 0 amide bonds. The van der Waals surface area contributed by atoms with E-state index in [0.717, 1.165) is 14.9 Å². The molecular weight excluding hydrogens is 975 g/mol. The van der Waals surface area contributed by atoms with Gasteiger partial charge in [0.15, 0.2) is 74.7 Å². The molecule has 0 aliphatic rings. The molecule has 1 atom stereocenters. The number of hydrogen-bond donors (Lipinski definition) is 0. The molecule has 0 N–H and O–H groups in total. The van der Waals surface area contributed by atoms with Crippen molar-refractivity contribution < 1.29 is 92.0 Å². The lowest BCUT2D eigenvalue weighted by Crippen LogP contribution is -2.81. The lowest BCUT2D eigenvalue weighted by molar-refractivity contribution is 0.378. The Balaban J connectivity index is 0.000000355. The molecule has 1 nitrogen and oxygen atoms in total. The lowest BCUT2D eigenvalue weighted by atomic mass is 9.12. The molecule has 24 heteroatoms. The van der Waals surface area contributed by atoms with Crippen LogP contribution in [-0.4, -0.2) is 12.4 Å². The zero-order valence-corrected chi connectivity index (χ0v) is 32.1. The molecule has 62 heavy (non-hydrogen) atoms. The van der Waals surface area contributed by atoms with E-state index in [1.54, 1.807) is 0 Å². The van der Waals surface area contributed by atoms with Crippen LogP contribution in [0, 0.1) is 116 Å². The summed E-state index contributed by atoms with van der Waals surface area (Å²) < 4.78 is 308. The van der Waals surface area contributed by atoms with Gasteiger partial charge < -0.3 is 0 Å². The minimum absolute atomic E-state index is 0.588. The highest BCUT2D eigenvalue weighted by atomic mass is 79.9. The van der Waals surface area contributed by atoms with Crippen LogP contribution < -0.4 is 21.9 Å². The Morgan fingerprint density at radius 1 is 0.371 bits per heavy atom. The second-order valence-corrected chi connectivity index (χ2v) is 16.6. The van der Waals surface area contributed by atoms with Gasteiger partial charge in [-0.1, -0.05) is 50.5 Å². The van der Waals surface area contributed by atoms with E-state index in [4.69, 9.17) is 0 Å². The molecule has 0 spiro atoms. The van der Waals surface area contributed by atoms with E-state index < -0.39 is 154 Å². The number of rotatable bonds is 7. The van der Waals surface area contributed by atoms with E-state index in [2.05, 4.69) is 15.9 Å². The quantitative estimate of drug-likeness (QED) is 0.0512. The molecule has 0 aliphatic heterocycles. The maximum absolute atomic E-state index is 15.4. The van der Waals surface area contributed by atoms with Crippen molar-refractivity contribution in [3.05, 3.63) is 181 Å². The third kappa shape index (κ3) is 7.61. The van der Waals surface area contributed by atoms with Crippen LogP contribution >= 0.6 is 15.9 Å². The first-order valence-electron chi connectivity index (χ1n) is 16.3. The molecule has 1 unspecified atom stereocenters. The summed E-state index contributed by atoms with van der Waals surface area (Å²) in [7, 11) is -1.99. The fourth-order valence-corrected chi connectivity index (χ4v) is 8.56. The number of halogens is 21. The van der Waals surface area contributed by atoms with E-state index in [1.165, 1.54) is 0 Å². The monoisotopic (exact) mass is 988 g/mol. The Morgan fingerprint density at radius 2 is 0.597 bits per heavy atom. The van der Waals surface area contributed by atoms with E-state index in [0.29, 0.717) is 5.75 Å². The maximum Gasteiger partial charge on any atom is 0.200 e. The molecule has 0 radical (unpaired) electrons. The standard InChI is InChI=1S/C24BF20.C14H14BrOS/c26-5-1(6(27)14(35)21(42)13(5)34)25(2-7(28)15(36)22(43)16(37)8(2)29,3-9(30)17(38)23(44)18(39)10(3)31)4-11(32)19(40)24(45)20(41)12(4)33;1-17(16,14-5-3-2-4-6-14)11-12-7-9-13(15)10-8-12/h;2-10H,11H2,1H3/q-1;+1. The molecule has 0 saturated carbocycles. The molecule has 6 rings (SSSR count). The van der Waals surface area contributed by atoms with Gasteiger partial charge >= 0.3 is 0 Å². The van der Waals surface area contributed by atoms with E-state index in [9.17, 15) is 56.9 Å². The summed E-state index contributed by atoms with van der Waals surface area (Å²) in [6.45, 7) is 0. The van der Waals surface area contributed by atoms with Crippen LogP contribution in [0.3, 0.4) is 0 Å². The van der Waals surface area contributed by atoms with Crippen LogP contribution in [0.2, 0.25) is 0 Å². The van der Waals surface area contributed by atoms with Crippen LogP contribution in [0.15, 0.2) is 64.0 Å². The summed E-state index contributed by atoms with van der Waals surface area (Å²) in [5, 5.41) is 0. The molecule has 0 saturated heterocycles. The third-order valence-corrected chi connectivity index (χ3v) is 12.0. The minimum atomic E-state index is -7.22. The van der Waals surface area contributed by atoms with Gasteiger partial charge in [-0.25, -0.2) is 87.8 Å². The van der Waals surface area contributed by atoms with E-state index in [1.807, 2.05) is 60.9 Å². The first kappa shape index (κ1) is 47.7. The highest BCUT2D eigenvalue weighted by Crippen LogP contribution is 2.31. The molecular formula is C38H14BBrF20OS. The summed E-state index contributed by atoms with van der Waals surface area (Å²) in [4.78, 5) is 0.919. The zero-order valence-electron chi connectivity index (χ0n) is 29.7. The average Bonchev–Trinajstić information content (AvgIpc) is 3.24. The van der Waals surface area contributed by atoms with Crippen molar-refractivity contribution in [1.82, 2.24) is 0 Å². The van der Waals surface area contributed by atoms with Crippen LogP contribution in [0.5, 0.6) is 0 Å². The van der Waals surface area contributed by atoms with Crippen LogP contribution in [-0.2, 0) is 19.9 Å². The summed E-state index contributed by atoms with van der Waals surface area (Å²) >= 11 is 3.40. The Hall–Kier alpha value is -5.39. The fraction of sp³-hybridized carbons (Fsp3) is 0.0526. The van der Waals surface area contributed by atoms with Gasteiger partial charge in [0.1, 0.15) is 74.6 Å². The molecule has 6 aromatic carbocycles. The molecule has 0 fully saturated rings. The van der Waals surface area contributed by atoms with Crippen molar-refractivity contribution in [3.8, 4) is 0 Å². The second-order valence-electron chi connectivity index (χ2n) is 12.9. The molecule has 328 valence electrons. The maximum atomic E-state index is 15.4. The largest absolute Gasteiger partial charge is 0.207 e. The van der Waals surface area contributed by atoms with Crippen molar-refractivity contribution in [3.63, 3.8) is 0 Å². The highest BCUT2D eigenvalue weighted by Gasteiger charge is 2.52. The lowest BCUT2D eigenvalue weighted by Gasteiger charge is -2.44. The molecule has 0 aliphatic carbocycles. The van der Waals surface area contributed by atoms with Gasteiger partial charge in [0, 0.05) is 10.0 Å². The first-order valence-corrected chi connectivity index (χ1v) is 19.2.